The summed E-state index contributed by atoms with van der Waals surface area (Å²) in [6, 6.07) is 8.73. The van der Waals surface area contributed by atoms with Gasteiger partial charge in [-0.2, -0.15) is 5.10 Å². The van der Waals surface area contributed by atoms with Gasteiger partial charge in [0.1, 0.15) is 0 Å². The van der Waals surface area contributed by atoms with Gasteiger partial charge in [0.25, 0.3) is 0 Å². The largest absolute Gasteiger partial charge is 0.352 e. The summed E-state index contributed by atoms with van der Waals surface area (Å²) >= 11 is 0. The highest BCUT2D eigenvalue weighted by Gasteiger charge is 2.13. The van der Waals surface area contributed by atoms with Crippen molar-refractivity contribution in [2.24, 2.45) is 12.0 Å². The molecule has 0 amide bonds. The van der Waals surface area contributed by atoms with Gasteiger partial charge in [-0.05, 0) is 50.9 Å². The minimum atomic E-state index is 0.723. The van der Waals surface area contributed by atoms with E-state index in [-0.39, 0.29) is 0 Å². The molecule has 2 aromatic rings. The molecule has 1 aromatic heterocycles. The molecule has 6 nitrogen and oxygen atoms in total. The SMILES string of the molecule is CN=C(NCc1ccccc1CN1CCCCC1)NCc1c(C)nn(C)c1C. The summed E-state index contributed by atoms with van der Waals surface area (Å²) in [6.07, 6.45) is 4.02. The molecule has 1 aromatic carbocycles. The fourth-order valence-corrected chi connectivity index (χ4v) is 3.89. The van der Waals surface area contributed by atoms with E-state index in [9.17, 15) is 0 Å². The van der Waals surface area contributed by atoms with Crippen molar-refractivity contribution in [3.05, 3.63) is 52.3 Å². The van der Waals surface area contributed by atoms with Crippen molar-refractivity contribution in [1.29, 1.82) is 0 Å². The maximum absolute atomic E-state index is 4.49. The molecule has 1 saturated heterocycles. The Labute approximate surface area is 169 Å². The Balaban J connectivity index is 1.57. The number of aliphatic imine (C=N–C) groups is 1. The fourth-order valence-electron chi connectivity index (χ4n) is 3.89. The van der Waals surface area contributed by atoms with Gasteiger partial charge in [0.05, 0.1) is 5.69 Å². The van der Waals surface area contributed by atoms with Crippen molar-refractivity contribution in [2.75, 3.05) is 20.1 Å². The predicted molar refractivity (Wildman–Crippen MR) is 115 cm³/mol. The molecule has 0 aliphatic carbocycles. The van der Waals surface area contributed by atoms with Gasteiger partial charge in [-0.3, -0.25) is 14.6 Å². The lowest BCUT2D eigenvalue weighted by molar-refractivity contribution is 0.220. The van der Waals surface area contributed by atoms with E-state index in [1.165, 1.54) is 54.7 Å². The van der Waals surface area contributed by atoms with Crippen LogP contribution in [0.5, 0.6) is 0 Å². The number of nitrogens with zero attached hydrogens (tertiary/aromatic N) is 4. The van der Waals surface area contributed by atoms with Crippen LogP contribution in [0.1, 0.15) is 47.3 Å². The van der Waals surface area contributed by atoms with E-state index in [0.717, 1.165) is 31.3 Å². The lowest BCUT2D eigenvalue weighted by atomic mass is 10.0. The van der Waals surface area contributed by atoms with Crippen LogP contribution >= 0.6 is 0 Å². The molecule has 152 valence electrons. The Morgan fingerprint density at radius 2 is 1.71 bits per heavy atom. The summed E-state index contributed by atoms with van der Waals surface area (Å²) < 4.78 is 1.93. The fraction of sp³-hybridized carbons (Fsp3) is 0.545. The average Bonchev–Trinajstić information content (AvgIpc) is 2.95. The molecule has 2 heterocycles. The first-order valence-electron chi connectivity index (χ1n) is 10.3. The number of hydrogen-bond acceptors (Lipinski definition) is 3. The molecule has 2 N–H and O–H groups in total. The van der Waals surface area contributed by atoms with Gasteiger partial charge in [0.15, 0.2) is 5.96 Å². The number of likely N-dealkylation sites (tertiary alicyclic amines) is 1. The minimum Gasteiger partial charge on any atom is -0.352 e. The van der Waals surface area contributed by atoms with Crippen molar-refractivity contribution in [1.82, 2.24) is 25.3 Å². The molecule has 0 unspecified atom stereocenters. The molecule has 0 bridgehead atoms. The zero-order valence-electron chi connectivity index (χ0n) is 17.8. The van der Waals surface area contributed by atoms with Gasteiger partial charge in [0, 0.05) is 45.0 Å². The molecule has 1 fully saturated rings. The molecule has 3 rings (SSSR count). The van der Waals surface area contributed by atoms with Crippen molar-refractivity contribution < 1.29 is 0 Å². The summed E-state index contributed by atoms with van der Waals surface area (Å²) in [5.74, 6) is 0.815. The van der Waals surface area contributed by atoms with Crippen LogP contribution in [0.3, 0.4) is 0 Å². The molecule has 28 heavy (non-hydrogen) atoms. The molecular weight excluding hydrogens is 348 g/mol. The van der Waals surface area contributed by atoms with E-state index in [0.29, 0.717) is 0 Å². The number of nitrogens with one attached hydrogen (secondary N) is 2. The van der Waals surface area contributed by atoms with Crippen molar-refractivity contribution in [3.63, 3.8) is 0 Å². The molecular formula is C22H34N6. The molecule has 0 atom stereocenters. The number of piperidine rings is 1. The quantitative estimate of drug-likeness (QED) is 0.596. The smallest absolute Gasteiger partial charge is 0.191 e. The maximum Gasteiger partial charge on any atom is 0.191 e. The second-order valence-corrected chi connectivity index (χ2v) is 7.66. The third-order valence-electron chi connectivity index (χ3n) is 5.72. The van der Waals surface area contributed by atoms with Gasteiger partial charge in [-0.25, -0.2) is 0 Å². The normalized spacial score (nSPS) is 15.6. The van der Waals surface area contributed by atoms with Crippen LogP contribution in [0.15, 0.2) is 29.3 Å². The predicted octanol–water partition coefficient (Wildman–Crippen LogP) is 2.89. The van der Waals surface area contributed by atoms with Gasteiger partial charge in [-0.15, -0.1) is 0 Å². The maximum atomic E-state index is 4.49. The van der Waals surface area contributed by atoms with Crippen LogP contribution in [-0.4, -0.2) is 40.8 Å². The summed E-state index contributed by atoms with van der Waals surface area (Å²) in [6.45, 7) is 9.12. The third-order valence-corrected chi connectivity index (χ3v) is 5.72. The second-order valence-electron chi connectivity index (χ2n) is 7.66. The highest BCUT2D eigenvalue weighted by Crippen LogP contribution is 2.16. The molecule has 0 saturated carbocycles. The number of aromatic nitrogens is 2. The van der Waals surface area contributed by atoms with Crippen LogP contribution < -0.4 is 10.6 Å². The summed E-state index contributed by atoms with van der Waals surface area (Å²) in [4.78, 5) is 6.96. The van der Waals surface area contributed by atoms with Crippen LogP contribution in [-0.2, 0) is 26.7 Å². The Bertz CT molecular complexity index is 801. The van der Waals surface area contributed by atoms with Crippen LogP contribution in [0.4, 0.5) is 0 Å². The van der Waals surface area contributed by atoms with E-state index in [4.69, 9.17) is 0 Å². The molecule has 1 aliphatic heterocycles. The van der Waals surface area contributed by atoms with Gasteiger partial charge >= 0.3 is 0 Å². The first-order chi connectivity index (χ1) is 13.6. The number of aryl methyl sites for hydroxylation is 2. The Kier molecular flexibility index (Phi) is 7.09. The van der Waals surface area contributed by atoms with Gasteiger partial charge in [-0.1, -0.05) is 30.7 Å². The Morgan fingerprint density at radius 1 is 1.04 bits per heavy atom. The summed E-state index contributed by atoms with van der Waals surface area (Å²) in [5.41, 5.74) is 6.23. The average molecular weight is 383 g/mol. The third kappa shape index (κ3) is 5.13. The highest BCUT2D eigenvalue weighted by atomic mass is 15.3. The molecule has 1 aliphatic rings. The van der Waals surface area contributed by atoms with Crippen molar-refractivity contribution >= 4 is 5.96 Å². The second kappa shape index (κ2) is 9.73. The molecule has 6 heteroatoms. The number of benzene rings is 1. The summed E-state index contributed by atoms with van der Waals surface area (Å²) in [5, 5.41) is 11.4. The number of hydrogen-bond donors (Lipinski definition) is 2. The highest BCUT2D eigenvalue weighted by molar-refractivity contribution is 5.79. The minimum absolute atomic E-state index is 0.723. The molecule has 0 radical (unpaired) electrons. The van der Waals surface area contributed by atoms with Crippen LogP contribution in [0.25, 0.3) is 0 Å². The lowest BCUT2D eigenvalue weighted by Gasteiger charge is -2.27. The standard InChI is InChI=1S/C22H34N6/c1-17-21(18(2)27(4)26-17)15-25-22(23-3)24-14-19-10-6-7-11-20(19)16-28-12-8-5-9-13-28/h6-7,10-11H,5,8-9,12-16H2,1-4H3,(H2,23,24,25). The summed E-state index contributed by atoms with van der Waals surface area (Å²) in [7, 11) is 3.80. The van der Waals surface area contributed by atoms with E-state index < -0.39 is 0 Å². The zero-order valence-corrected chi connectivity index (χ0v) is 17.8. The number of rotatable bonds is 6. The monoisotopic (exact) mass is 382 g/mol. The first-order valence-corrected chi connectivity index (χ1v) is 10.3. The van der Waals surface area contributed by atoms with E-state index in [1.807, 2.05) is 18.8 Å². The van der Waals surface area contributed by atoms with Crippen LogP contribution in [0.2, 0.25) is 0 Å². The van der Waals surface area contributed by atoms with Gasteiger partial charge < -0.3 is 10.6 Å². The zero-order chi connectivity index (χ0) is 19.9. The number of guanidine groups is 1. The first kappa shape index (κ1) is 20.4. The van der Waals surface area contributed by atoms with Gasteiger partial charge in [0.2, 0.25) is 0 Å². The lowest BCUT2D eigenvalue weighted by Crippen LogP contribution is -2.37. The topological polar surface area (TPSA) is 57.5 Å². The van der Waals surface area contributed by atoms with E-state index in [1.54, 1.807) is 0 Å². The van der Waals surface area contributed by atoms with Crippen molar-refractivity contribution in [3.8, 4) is 0 Å². The van der Waals surface area contributed by atoms with E-state index in [2.05, 4.69) is 63.7 Å². The Hall–Kier alpha value is -2.34. The Morgan fingerprint density at radius 3 is 2.36 bits per heavy atom. The van der Waals surface area contributed by atoms with Crippen molar-refractivity contribution in [2.45, 2.75) is 52.7 Å². The van der Waals surface area contributed by atoms with E-state index >= 15 is 0 Å². The van der Waals surface area contributed by atoms with Crippen LogP contribution in [0, 0.1) is 13.8 Å². The molecule has 0 spiro atoms.